The molecule has 2 N–H and O–H groups in total. The minimum atomic E-state index is -0.358. The Morgan fingerprint density at radius 3 is 2.24 bits per heavy atom. The van der Waals surface area contributed by atoms with Crippen molar-refractivity contribution < 1.29 is 9.59 Å². The standard InChI is InChI=1S/C23H26N4O2/c1-16-21(17(2)27(26-16)20-12-8-5-9-13-20)15-24-23(29)14-22(25-18(3)28)19-10-6-4-7-11-19/h4-13,22H,14-15H2,1-3H3,(H,24,29)(H,25,28)/t22-/m1/s1. The van der Waals surface area contributed by atoms with Crippen molar-refractivity contribution in [1.29, 1.82) is 0 Å². The van der Waals surface area contributed by atoms with Gasteiger partial charge in [-0.1, -0.05) is 48.5 Å². The second-order valence-corrected chi connectivity index (χ2v) is 7.04. The highest BCUT2D eigenvalue weighted by atomic mass is 16.2. The molecule has 0 spiro atoms. The lowest BCUT2D eigenvalue weighted by Gasteiger charge is -2.18. The maximum absolute atomic E-state index is 12.6. The lowest BCUT2D eigenvalue weighted by atomic mass is 10.0. The molecule has 0 aliphatic carbocycles. The normalized spacial score (nSPS) is 11.7. The fraction of sp³-hybridized carbons (Fsp3) is 0.261. The average Bonchev–Trinajstić information content (AvgIpc) is 3.00. The van der Waals surface area contributed by atoms with Crippen LogP contribution in [-0.2, 0) is 16.1 Å². The van der Waals surface area contributed by atoms with Crippen molar-refractivity contribution in [1.82, 2.24) is 20.4 Å². The van der Waals surface area contributed by atoms with E-state index in [1.165, 1.54) is 6.92 Å². The number of nitrogens with zero attached hydrogens (tertiary/aromatic N) is 2. The van der Waals surface area contributed by atoms with E-state index in [1.54, 1.807) is 0 Å². The van der Waals surface area contributed by atoms with Gasteiger partial charge in [-0.3, -0.25) is 9.59 Å². The topological polar surface area (TPSA) is 76.0 Å². The third-order valence-electron chi connectivity index (χ3n) is 4.87. The third kappa shape index (κ3) is 5.10. The summed E-state index contributed by atoms with van der Waals surface area (Å²) in [6.07, 6.45) is 0.175. The molecule has 0 aliphatic rings. The van der Waals surface area contributed by atoms with Crippen LogP contribution in [0.1, 0.15) is 41.9 Å². The van der Waals surface area contributed by atoms with E-state index in [4.69, 9.17) is 0 Å². The Labute approximate surface area is 170 Å². The van der Waals surface area contributed by atoms with Gasteiger partial charge in [0, 0.05) is 24.7 Å². The summed E-state index contributed by atoms with van der Waals surface area (Å²) in [7, 11) is 0. The highest BCUT2D eigenvalue weighted by Gasteiger charge is 2.18. The Bertz CT molecular complexity index is 981. The van der Waals surface area contributed by atoms with Crippen LogP contribution in [0.25, 0.3) is 5.69 Å². The lowest BCUT2D eigenvalue weighted by molar-refractivity contribution is -0.122. The van der Waals surface area contributed by atoms with Gasteiger partial charge in [0.05, 0.1) is 23.8 Å². The molecule has 0 fully saturated rings. The SMILES string of the molecule is CC(=O)N[C@H](CC(=O)NCc1c(C)nn(-c2ccccc2)c1C)c1ccccc1. The van der Waals surface area contributed by atoms with Crippen LogP contribution in [-0.4, -0.2) is 21.6 Å². The number of hydrogen-bond donors (Lipinski definition) is 2. The van der Waals surface area contributed by atoms with Gasteiger partial charge in [0.1, 0.15) is 0 Å². The molecule has 0 saturated carbocycles. The van der Waals surface area contributed by atoms with Crippen molar-refractivity contribution in [2.24, 2.45) is 0 Å². The first-order valence-electron chi connectivity index (χ1n) is 9.65. The predicted molar refractivity (Wildman–Crippen MR) is 113 cm³/mol. The number of nitrogens with one attached hydrogen (secondary N) is 2. The van der Waals surface area contributed by atoms with Gasteiger partial charge in [0.25, 0.3) is 0 Å². The zero-order valence-electron chi connectivity index (χ0n) is 17.0. The van der Waals surface area contributed by atoms with Crippen LogP contribution >= 0.6 is 0 Å². The van der Waals surface area contributed by atoms with Crippen LogP contribution < -0.4 is 10.6 Å². The molecule has 2 aromatic carbocycles. The van der Waals surface area contributed by atoms with Crippen molar-refractivity contribution in [3.05, 3.63) is 83.2 Å². The fourth-order valence-electron chi connectivity index (χ4n) is 3.38. The number of aryl methyl sites for hydroxylation is 1. The smallest absolute Gasteiger partial charge is 0.222 e. The third-order valence-corrected chi connectivity index (χ3v) is 4.87. The van der Waals surface area contributed by atoms with Crippen LogP contribution in [0.15, 0.2) is 60.7 Å². The molecule has 3 rings (SSSR count). The van der Waals surface area contributed by atoms with Gasteiger partial charge in [-0.25, -0.2) is 4.68 Å². The first kappa shape index (κ1) is 20.3. The predicted octanol–water partition coefficient (Wildman–Crippen LogP) is 3.37. The molecule has 0 bridgehead atoms. The van der Waals surface area contributed by atoms with Gasteiger partial charge in [0.2, 0.25) is 11.8 Å². The number of hydrogen-bond acceptors (Lipinski definition) is 3. The molecule has 1 atom stereocenters. The van der Waals surface area contributed by atoms with Crippen LogP contribution in [0.5, 0.6) is 0 Å². The average molecular weight is 390 g/mol. The lowest BCUT2D eigenvalue weighted by Crippen LogP contribution is -2.32. The van der Waals surface area contributed by atoms with E-state index in [9.17, 15) is 9.59 Å². The Morgan fingerprint density at radius 1 is 1.00 bits per heavy atom. The van der Waals surface area contributed by atoms with Gasteiger partial charge < -0.3 is 10.6 Å². The molecule has 0 saturated heterocycles. The minimum absolute atomic E-state index is 0.126. The molecule has 0 aliphatic heterocycles. The highest BCUT2D eigenvalue weighted by molar-refractivity contribution is 5.79. The van der Waals surface area contributed by atoms with Crippen molar-refractivity contribution in [3.8, 4) is 5.69 Å². The minimum Gasteiger partial charge on any atom is -0.352 e. The van der Waals surface area contributed by atoms with E-state index in [1.807, 2.05) is 79.2 Å². The van der Waals surface area contributed by atoms with Crippen molar-refractivity contribution in [3.63, 3.8) is 0 Å². The number of amides is 2. The van der Waals surface area contributed by atoms with Crippen molar-refractivity contribution in [2.45, 2.75) is 39.8 Å². The molecule has 150 valence electrons. The summed E-state index contributed by atoms with van der Waals surface area (Å²) >= 11 is 0. The fourth-order valence-corrected chi connectivity index (χ4v) is 3.38. The molecule has 3 aromatic rings. The van der Waals surface area contributed by atoms with Crippen LogP contribution in [0, 0.1) is 13.8 Å². The number of para-hydroxylation sites is 1. The van der Waals surface area contributed by atoms with Gasteiger partial charge >= 0.3 is 0 Å². The van der Waals surface area contributed by atoms with Crippen molar-refractivity contribution >= 4 is 11.8 Å². The maximum atomic E-state index is 12.6. The summed E-state index contributed by atoms with van der Waals surface area (Å²) in [4.78, 5) is 24.2. The van der Waals surface area contributed by atoms with Crippen LogP contribution in [0.4, 0.5) is 0 Å². The molecule has 1 aromatic heterocycles. The Hall–Kier alpha value is -3.41. The van der Waals surface area contributed by atoms with E-state index >= 15 is 0 Å². The van der Waals surface area contributed by atoms with Crippen LogP contribution in [0.2, 0.25) is 0 Å². The van der Waals surface area contributed by atoms with Crippen LogP contribution in [0.3, 0.4) is 0 Å². The summed E-state index contributed by atoms with van der Waals surface area (Å²) in [5, 5.41) is 10.4. The van der Waals surface area contributed by atoms with E-state index in [-0.39, 0.29) is 24.3 Å². The summed E-state index contributed by atoms with van der Waals surface area (Å²) in [6.45, 7) is 5.79. The van der Waals surface area contributed by atoms with Gasteiger partial charge in [-0.15, -0.1) is 0 Å². The first-order chi connectivity index (χ1) is 14.0. The summed E-state index contributed by atoms with van der Waals surface area (Å²) in [5.74, 6) is -0.290. The Kier molecular flexibility index (Phi) is 6.44. The number of aromatic nitrogens is 2. The number of carbonyl (C=O) groups is 2. The molecule has 1 heterocycles. The Morgan fingerprint density at radius 2 is 1.62 bits per heavy atom. The first-order valence-corrected chi connectivity index (χ1v) is 9.65. The zero-order valence-corrected chi connectivity index (χ0v) is 17.0. The monoisotopic (exact) mass is 390 g/mol. The molecule has 2 amide bonds. The van der Waals surface area contributed by atoms with Crippen molar-refractivity contribution in [2.75, 3.05) is 0 Å². The van der Waals surface area contributed by atoms with E-state index in [0.717, 1.165) is 28.2 Å². The second kappa shape index (κ2) is 9.19. The molecule has 29 heavy (non-hydrogen) atoms. The molecular weight excluding hydrogens is 364 g/mol. The van der Waals surface area contributed by atoms with E-state index < -0.39 is 0 Å². The molecular formula is C23H26N4O2. The summed E-state index contributed by atoms with van der Waals surface area (Å²) in [5.41, 5.74) is 4.77. The highest BCUT2D eigenvalue weighted by Crippen LogP contribution is 2.19. The van der Waals surface area contributed by atoms with Gasteiger partial charge in [-0.05, 0) is 31.5 Å². The summed E-state index contributed by atoms with van der Waals surface area (Å²) < 4.78 is 1.89. The maximum Gasteiger partial charge on any atom is 0.222 e. The summed E-state index contributed by atoms with van der Waals surface area (Å²) in [6, 6.07) is 19.1. The zero-order chi connectivity index (χ0) is 20.8. The quantitative estimate of drug-likeness (QED) is 0.649. The van der Waals surface area contributed by atoms with E-state index in [0.29, 0.717) is 6.54 Å². The number of benzene rings is 2. The number of carbonyl (C=O) groups excluding carboxylic acids is 2. The molecule has 0 radical (unpaired) electrons. The van der Waals surface area contributed by atoms with Gasteiger partial charge in [0.15, 0.2) is 0 Å². The molecule has 6 heteroatoms. The largest absolute Gasteiger partial charge is 0.352 e. The molecule has 0 unspecified atom stereocenters. The van der Waals surface area contributed by atoms with E-state index in [2.05, 4.69) is 15.7 Å². The Balaban J connectivity index is 1.69. The molecule has 6 nitrogen and oxygen atoms in total. The number of rotatable bonds is 7. The van der Waals surface area contributed by atoms with Gasteiger partial charge in [-0.2, -0.15) is 5.10 Å². The second-order valence-electron chi connectivity index (χ2n) is 7.04.